The van der Waals surface area contributed by atoms with E-state index in [1.54, 1.807) is 12.8 Å². The molecule has 0 aromatic heterocycles. The van der Waals surface area contributed by atoms with Crippen molar-refractivity contribution in [1.82, 2.24) is 0 Å². The van der Waals surface area contributed by atoms with Gasteiger partial charge in [-0.15, -0.1) is 0 Å². The van der Waals surface area contributed by atoms with E-state index in [1.807, 2.05) is 5.57 Å². The van der Waals surface area contributed by atoms with Crippen molar-refractivity contribution in [2.75, 3.05) is 0 Å². The van der Waals surface area contributed by atoms with Crippen LogP contribution in [0.1, 0.15) is 12.8 Å². The molecule has 0 heteroatoms. The minimum Gasteiger partial charge on any atom is -0.0807 e. The van der Waals surface area contributed by atoms with E-state index in [2.05, 4.69) is 6.08 Å². The maximum absolute atomic E-state index is 2.68. The van der Waals surface area contributed by atoms with Crippen LogP contribution in [0.15, 0.2) is 11.6 Å². The molecule has 0 heterocycles. The average molecular weight is 156 g/mol. The lowest BCUT2D eigenvalue weighted by molar-refractivity contribution is 0.223. The van der Waals surface area contributed by atoms with Gasteiger partial charge in [-0.05, 0) is 59.7 Å². The number of hydrogen-bond acceptors (Lipinski definition) is 0. The van der Waals surface area contributed by atoms with E-state index in [9.17, 15) is 0 Å². The van der Waals surface area contributed by atoms with Gasteiger partial charge in [-0.2, -0.15) is 0 Å². The molecule has 8 atom stereocenters. The SMILES string of the molecule is C1=C2C3CC3C3C4C5CC54C2[C@H]13. The van der Waals surface area contributed by atoms with E-state index in [1.165, 1.54) is 29.6 Å². The Bertz CT molecular complexity index is 379. The molecule has 12 heavy (non-hydrogen) atoms. The van der Waals surface area contributed by atoms with Gasteiger partial charge in [0.05, 0.1) is 0 Å². The van der Waals surface area contributed by atoms with Gasteiger partial charge in [0.15, 0.2) is 0 Å². The third-order valence-corrected chi connectivity index (χ3v) is 6.38. The fraction of sp³-hybridized carbons (Fsp3) is 0.833. The molecule has 60 valence electrons. The van der Waals surface area contributed by atoms with Crippen molar-refractivity contribution < 1.29 is 0 Å². The van der Waals surface area contributed by atoms with Crippen molar-refractivity contribution in [2.24, 2.45) is 46.8 Å². The molecule has 0 aromatic rings. The zero-order valence-corrected chi connectivity index (χ0v) is 7.03. The first kappa shape index (κ1) is 4.83. The van der Waals surface area contributed by atoms with Crippen molar-refractivity contribution in [2.45, 2.75) is 12.8 Å². The van der Waals surface area contributed by atoms with E-state index in [4.69, 9.17) is 0 Å². The van der Waals surface area contributed by atoms with E-state index < -0.39 is 0 Å². The van der Waals surface area contributed by atoms with Crippen LogP contribution in [-0.4, -0.2) is 0 Å². The summed E-state index contributed by atoms with van der Waals surface area (Å²) >= 11 is 0. The third-order valence-electron chi connectivity index (χ3n) is 6.38. The molecule has 7 unspecified atom stereocenters. The van der Waals surface area contributed by atoms with Crippen molar-refractivity contribution in [3.8, 4) is 0 Å². The van der Waals surface area contributed by atoms with Gasteiger partial charge >= 0.3 is 0 Å². The van der Waals surface area contributed by atoms with Crippen LogP contribution in [0, 0.1) is 46.8 Å². The first-order valence-corrected chi connectivity index (χ1v) is 5.64. The molecule has 6 aliphatic carbocycles. The van der Waals surface area contributed by atoms with E-state index >= 15 is 0 Å². The van der Waals surface area contributed by atoms with Crippen molar-refractivity contribution >= 4 is 0 Å². The fourth-order valence-corrected chi connectivity index (χ4v) is 5.89. The molecule has 0 amide bonds. The quantitative estimate of drug-likeness (QED) is 0.471. The first-order valence-electron chi connectivity index (χ1n) is 5.64. The summed E-state index contributed by atoms with van der Waals surface area (Å²) in [5.74, 6) is 8.37. The number of fused-ring (bicyclic) bond motifs is 5. The lowest BCUT2D eigenvalue weighted by Crippen LogP contribution is -2.35. The predicted octanol–water partition coefficient (Wildman–Crippen LogP) is 2.07. The lowest BCUT2D eigenvalue weighted by Gasteiger charge is -2.42. The maximum atomic E-state index is 2.68. The van der Waals surface area contributed by atoms with Gasteiger partial charge in [0.1, 0.15) is 0 Å². The van der Waals surface area contributed by atoms with Crippen LogP contribution in [0.2, 0.25) is 0 Å². The summed E-state index contributed by atoms with van der Waals surface area (Å²) in [7, 11) is 0. The Kier molecular flexibility index (Phi) is 0.383. The molecule has 1 spiro atoms. The first-order chi connectivity index (χ1) is 5.93. The standard InChI is InChI=1S/C12H12/c1-4-5(1)9-7-2-6(4)10(7)12-3-8(12)11(9)12/h2,4-5,7-11H,1,3H2/t4?,5?,7-,8?,9?,10?,11?,12?/m1/s1. The van der Waals surface area contributed by atoms with Crippen LogP contribution >= 0.6 is 0 Å². The minimum atomic E-state index is 0.993. The molecular weight excluding hydrogens is 144 g/mol. The van der Waals surface area contributed by atoms with Crippen LogP contribution in [0.5, 0.6) is 0 Å². The molecular formula is C12H12. The molecule has 5 saturated carbocycles. The van der Waals surface area contributed by atoms with Gasteiger partial charge in [-0.25, -0.2) is 0 Å². The highest BCUT2D eigenvalue weighted by Gasteiger charge is 2.92. The summed E-state index contributed by atoms with van der Waals surface area (Å²) < 4.78 is 0. The molecule has 0 saturated heterocycles. The molecule has 5 fully saturated rings. The van der Waals surface area contributed by atoms with Gasteiger partial charge in [0.25, 0.3) is 0 Å². The Morgan fingerprint density at radius 1 is 1.42 bits per heavy atom. The third kappa shape index (κ3) is 0.231. The Balaban J connectivity index is 1.74. The van der Waals surface area contributed by atoms with Gasteiger partial charge in [-0.1, -0.05) is 11.6 Å². The second-order valence-corrected chi connectivity index (χ2v) is 6.25. The second kappa shape index (κ2) is 0.951. The minimum absolute atomic E-state index is 0.993. The topological polar surface area (TPSA) is 0 Å². The van der Waals surface area contributed by atoms with Gasteiger partial charge in [0, 0.05) is 0 Å². The maximum Gasteiger partial charge on any atom is -0.00720 e. The smallest absolute Gasteiger partial charge is 0.00720 e. The molecule has 0 radical (unpaired) electrons. The lowest BCUT2D eigenvalue weighted by atomic mass is 9.63. The van der Waals surface area contributed by atoms with Gasteiger partial charge < -0.3 is 0 Å². The predicted molar refractivity (Wildman–Crippen MR) is 44.2 cm³/mol. The summed E-state index contributed by atoms with van der Waals surface area (Å²) in [6.07, 6.45) is 5.93. The molecule has 0 nitrogen and oxygen atoms in total. The number of rotatable bonds is 0. The number of hydrogen-bond donors (Lipinski definition) is 0. The Labute approximate surface area is 72.0 Å². The molecule has 0 aromatic carbocycles. The summed E-state index contributed by atoms with van der Waals surface area (Å²) in [4.78, 5) is 0. The van der Waals surface area contributed by atoms with Crippen molar-refractivity contribution in [1.29, 1.82) is 0 Å². The van der Waals surface area contributed by atoms with Crippen LogP contribution in [0.25, 0.3) is 0 Å². The summed E-state index contributed by atoms with van der Waals surface area (Å²) in [5.41, 5.74) is 2.95. The van der Waals surface area contributed by atoms with E-state index in [0.717, 1.165) is 17.3 Å². The van der Waals surface area contributed by atoms with E-state index in [-0.39, 0.29) is 0 Å². The molecule has 4 bridgehead atoms. The largest absolute Gasteiger partial charge is 0.0807 e. The molecule has 0 aliphatic heterocycles. The highest BCUT2D eigenvalue weighted by atomic mass is 15.0. The van der Waals surface area contributed by atoms with Crippen molar-refractivity contribution in [3.05, 3.63) is 11.6 Å². The van der Waals surface area contributed by atoms with Crippen LogP contribution in [-0.2, 0) is 0 Å². The van der Waals surface area contributed by atoms with Crippen LogP contribution in [0.4, 0.5) is 0 Å². The zero-order valence-electron chi connectivity index (χ0n) is 7.03. The average Bonchev–Trinajstić information content (AvgIpc) is 2.75. The van der Waals surface area contributed by atoms with Gasteiger partial charge in [-0.3, -0.25) is 0 Å². The molecule has 6 aliphatic rings. The summed E-state index contributed by atoms with van der Waals surface area (Å²) in [6, 6.07) is 0. The number of allylic oxidation sites excluding steroid dienone is 2. The highest BCUT2D eigenvalue weighted by Crippen LogP contribution is 2.98. The zero-order chi connectivity index (χ0) is 7.24. The summed E-state index contributed by atoms with van der Waals surface area (Å²) in [5, 5.41) is 0. The fourth-order valence-electron chi connectivity index (χ4n) is 5.89. The Morgan fingerprint density at radius 2 is 2.42 bits per heavy atom. The normalized spacial score (nSPS) is 87.3. The van der Waals surface area contributed by atoms with E-state index in [0.29, 0.717) is 0 Å². The molecule has 0 N–H and O–H groups in total. The Hall–Kier alpha value is -0.260. The van der Waals surface area contributed by atoms with Crippen LogP contribution in [0.3, 0.4) is 0 Å². The highest BCUT2D eigenvalue weighted by molar-refractivity contribution is 5.52. The monoisotopic (exact) mass is 156 g/mol. The van der Waals surface area contributed by atoms with Gasteiger partial charge in [0.2, 0.25) is 0 Å². The Morgan fingerprint density at radius 3 is 3.33 bits per heavy atom. The second-order valence-electron chi connectivity index (χ2n) is 6.25. The summed E-state index contributed by atoms with van der Waals surface area (Å²) in [6.45, 7) is 0. The van der Waals surface area contributed by atoms with Crippen LogP contribution < -0.4 is 0 Å². The molecule has 6 rings (SSSR count). The van der Waals surface area contributed by atoms with Crippen molar-refractivity contribution in [3.63, 3.8) is 0 Å².